The summed E-state index contributed by atoms with van der Waals surface area (Å²) in [5.74, 6) is -1.02. The van der Waals surface area contributed by atoms with Crippen molar-refractivity contribution < 1.29 is 22.4 Å². The van der Waals surface area contributed by atoms with Crippen molar-refractivity contribution in [3.8, 4) is 0 Å². The van der Waals surface area contributed by atoms with Crippen LogP contribution in [0.2, 0.25) is 0 Å². The number of rotatable bonds is 11. The monoisotopic (exact) mass is 491 g/mol. The molecule has 7 nitrogen and oxygen atoms in total. The highest BCUT2D eigenvalue weighted by atomic mass is 32.2. The van der Waals surface area contributed by atoms with Gasteiger partial charge < -0.3 is 10.2 Å². The third-order valence-electron chi connectivity index (χ3n) is 5.40. The standard InChI is InChI=1S/C25H34FN3O4S/c1-6-22(25(31)27-15-18(2)3)28(16-20-11-13-21(26)14-12-20)24(30)17-29(34(5,32)33)23-10-8-7-9-19(23)4/h7-14,18,22H,6,15-17H2,1-5H3,(H,27,31). The molecule has 0 bridgehead atoms. The number of carbonyl (C=O) groups excluding carboxylic acids is 2. The van der Waals surface area contributed by atoms with E-state index in [0.29, 0.717) is 29.8 Å². The fourth-order valence-electron chi connectivity index (χ4n) is 3.57. The lowest BCUT2D eigenvalue weighted by Gasteiger charge is -2.33. The Bertz CT molecular complexity index is 1090. The zero-order valence-electron chi connectivity index (χ0n) is 20.4. The number of carbonyl (C=O) groups is 2. The number of nitrogens with one attached hydrogen (secondary N) is 1. The molecule has 186 valence electrons. The molecule has 1 unspecified atom stereocenters. The van der Waals surface area contributed by atoms with Crippen LogP contribution in [0.3, 0.4) is 0 Å². The first-order chi connectivity index (χ1) is 15.9. The summed E-state index contributed by atoms with van der Waals surface area (Å²) in [7, 11) is -3.79. The maximum Gasteiger partial charge on any atom is 0.244 e. The van der Waals surface area contributed by atoms with Crippen LogP contribution < -0.4 is 9.62 Å². The van der Waals surface area contributed by atoms with Gasteiger partial charge in [0.15, 0.2) is 0 Å². The van der Waals surface area contributed by atoms with E-state index >= 15 is 0 Å². The molecule has 0 saturated carbocycles. The quantitative estimate of drug-likeness (QED) is 0.521. The summed E-state index contributed by atoms with van der Waals surface area (Å²) in [5, 5.41) is 2.86. The molecule has 2 rings (SSSR count). The number of aryl methyl sites for hydroxylation is 1. The smallest absolute Gasteiger partial charge is 0.244 e. The summed E-state index contributed by atoms with van der Waals surface area (Å²) in [6, 6.07) is 11.7. The van der Waals surface area contributed by atoms with Crippen LogP contribution in [0.25, 0.3) is 0 Å². The van der Waals surface area contributed by atoms with E-state index in [2.05, 4.69) is 5.32 Å². The van der Waals surface area contributed by atoms with Crippen molar-refractivity contribution in [2.45, 2.75) is 46.7 Å². The minimum absolute atomic E-state index is 0.0398. The number of hydrogen-bond acceptors (Lipinski definition) is 4. The zero-order chi connectivity index (χ0) is 25.5. The topological polar surface area (TPSA) is 86.8 Å². The maximum absolute atomic E-state index is 13.6. The maximum atomic E-state index is 13.6. The van der Waals surface area contributed by atoms with E-state index in [9.17, 15) is 22.4 Å². The van der Waals surface area contributed by atoms with Gasteiger partial charge in [-0.25, -0.2) is 12.8 Å². The lowest BCUT2D eigenvalue weighted by molar-refractivity contribution is -0.140. The zero-order valence-corrected chi connectivity index (χ0v) is 21.2. The Labute approximate surface area is 202 Å². The summed E-state index contributed by atoms with van der Waals surface area (Å²) < 4.78 is 39.7. The number of hydrogen-bond donors (Lipinski definition) is 1. The molecule has 0 aliphatic carbocycles. The molecule has 0 fully saturated rings. The van der Waals surface area contributed by atoms with Gasteiger partial charge in [0.2, 0.25) is 21.8 Å². The second-order valence-electron chi connectivity index (χ2n) is 8.77. The molecule has 0 heterocycles. The number of amides is 2. The number of para-hydroxylation sites is 1. The molecule has 1 N–H and O–H groups in total. The molecule has 2 aromatic rings. The van der Waals surface area contributed by atoms with Gasteiger partial charge in [0, 0.05) is 13.1 Å². The lowest BCUT2D eigenvalue weighted by atomic mass is 10.1. The molecule has 9 heteroatoms. The number of anilines is 1. The lowest BCUT2D eigenvalue weighted by Crippen LogP contribution is -2.52. The Hall–Kier alpha value is -2.94. The Balaban J connectivity index is 2.42. The van der Waals surface area contributed by atoms with E-state index in [1.807, 2.05) is 13.8 Å². The normalized spacial score (nSPS) is 12.3. The number of benzene rings is 2. The molecule has 34 heavy (non-hydrogen) atoms. The van der Waals surface area contributed by atoms with Gasteiger partial charge in [-0.1, -0.05) is 51.1 Å². The van der Waals surface area contributed by atoms with Crippen LogP contribution in [-0.4, -0.2) is 50.5 Å². The number of nitrogens with zero attached hydrogens (tertiary/aromatic N) is 2. The van der Waals surface area contributed by atoms with Crippen LogP contribution in [0, 0.1) is 18.7 Å². The van der Waals surface area contributed by atoms with Crippen molar-refractivity contribution in [1.82, 2.24) is 10.2 Å². The van der Waals surface area contributed by atoms with Crippen molar-refractivity contribution in [1.29, 1.82) is 0 Å². The van der Waals surface area contributed by atoms with E-state index < -0.39 is 34.3 Å². The van der Waals surface area contributed by atoms with Crippen molar-refractivity contribution in [3.63, 3.8) is 0 Å². The van der Waals surface area contributed by atoms with Crippen LogP contribution in [0.1, 0.15) is 38.3 Å². The highest BCUT2D eigenvalue weighted by Crippen LogP contribution is 2.23. The van der Waals surface area contributed by atoms with Crippen LogP contribution in [0.15, 0.2) is 48.5 Å². The molecule has 0 aliphatic heterocycles. The molecule has 0 aromatic heterocycles. The van der Waals surface area contributed by atoms with Gasteiger partial charge in [0.25, 0.3) is 0 Å². The predicted octanol–water partition coefficient (Wildman–Crippen LogP) is 3.48. The van der Waals surface area contributed by atoms with Gasteiger partial charge in [0.05, 0.1) is 11.9 Å². The van der Waals surface area contributed by atoms with Crippen molar-refractivity contribution in [2.24, 2.45) is 5.92 Å². The van der Waals surface area contributed by atoms with Crippen LogP contribution in [0.4, 0.5) is 10.1 Å². The summed E-state index contributed by atoms with van der Waals surface area (Å²) in [4.78, 5) is 27.9. The third kappa shape index (κ3) is 7.55. The number of halogens is 1. The fraction of sp³-hybridized carbons (Fsp3) is 0.440. The largest absolute Gasteiger partial charge is 0.354 e. The van der Waals surface area contributed by atoms with E-state index in [1.165, 1.54) is 17.0 Å². The molecule has 0 radical (unpaired) electrons. The Morgan fingerprint density at radius 1 is 1.06 bits per heavy atom. The van der Waals surface area contributed by atoms with Gasteiger partial charge in [-0.2, -0.15) is 0 Å². The van der Waals surface area contributed by atoms with E-state index in [0.717, 1.165) is 10.6 Å². The average Bonchev–Trinajstić information content (AvgIpc) is 2.77. The Kier molecular flexibility index (Phi) is 9.61. The second kappa shape index (κ2) is 12.0. The molecule has 0 aliphatic rings. The first-order valence-electron chi connectivity index (χ1n) is 11.3. The number of sulfonamides is 1. The summed E-state index contributed by atoms with van der Waals surface area (Å²) in [6.07, 6.45) is 1.38. The van der Waals surface area contributed by atoms with Crippen LogP contribution in [-0.2, 0) is 26.2 Å². The van der Waals surface area contributed by atoms with Crippen molar-refractivity contribution >= 4 is 27.5 Å². The Morgan fingerprint density at radius 3 is 2.21 bits per heavy atom. The average molecular weight is 492 g/mol. The molecule has 0 saturated heterocycles. The highest BCUT2D eigenvalue weighted by molar-refractivity contribution is 7.92. The SMILES string of the molecule is CCC(C(=O)NCC(C)C)N(Cc1ccc(F)cc1)C(=O)CN(c1ccccc1C)S(C)(=O)=O. The van der Waals surface area contributed by atoms with E-state index in [-0.39, 0.29) is 18.4 Å². The van der Waals surface area contributed by atoms with Crippen molar-refractivity contribution in [3.05, 3.63) is 65.5 Å². The first kappa shape index (κ1) is 27.3. The van der Waals surface area contributed by atoms with Crippen molar-refractivity contribution in [2.75, 3.05) is 23.7 Å². The van der Waals surface area contributed by atoms with Crippen LogP contribution in [0.5, 0.6) is 0 Å². The summed E-state index contributed by atoms with van der Waals surface area (Å²) >= 11 is 0. The minimum atomic E-state index is -3.79. The minimum Gasteiger partial charge on any atom is -0.354 e. The van der Waals surface area contributed by atoms with Gasteiger partial charge in [-0.3, -0.25) is 13.9 Å². The molecular weight excluding hydrogens is 457 g/mol. The second-order valence-corrected chi connectivity index (χ2v) is 10.7. The fourth-order valence-corrected chi connectivity index (χ4v) is 4.47. The molecule has 1 atom stereocenters. The van der Waals surface area contributed by atoms with Gasteiger partial charge >= 0.3 is 0 Å². The molecule has 2 aromatic carbocycles. The van der Waals surface area contributed by atoms with E-state index in [1.54, 1.807) is 50.2 Å². The van der Waals surface area contributed by atoms with Gasteiger partial charge in [-0.15, -0.1) is 0 Å². The third-order valence-corrected chi connectivity index (χ3v) is 6.53. The van der Waals surface area contributed by atoms with E-state index in [4.69, 9.17) is 0 Å². The highest BCUT2D eigenvalue weighted by Gasteiger charge is 2.32. The summed E-state index contributed by atoms with van der Waals surface area (Å²) in [6.45, 7) is 7.52. The molecule has 0 spiro atoms. The predicted molar refractivity (Wildman–Crippen MR) is 132 cm³/mol. The van der Waals surface area contributed by atoms with Crippen LogP contribution >= 0.6 is 0 Å². The summed E-state index contributed by atoms with van der Waals surface area (Å²) in [5.41, 5.74) is 1.73. The molecule has 2 amide bonds. The van der Waals surface area contributed by atoms with Gasteiger partial charge in [0.1, 0.15) is 18.4 Å². The Morgan fingerprint density at radius 2 is 1.68 bits per heavy atom. The van der Waals surface area contributed by atoms with Gasteiger partial charge in [-0.05, 0) is 48.6 Å². The molecular formula is C25H34FN3O4S. The first-order valence-corrected chi connectivity index (χ1v) is 13.1.